The molecule has 1 heterocycles. The molecule has 19 heavy (non-hydrogen) atoms. The average molecular weight is 291 g/mol. The number of anilines is 1. The molecule has 0 atom stereocenters. The Morgan fingerprint density at radius 3 is 2.47 bits per heavy atom. The van der Waals surface area contributed by atoms with E-state index in [-0.39, 0.29) is 17.1 Å². The van der Waals surface area contributed by atoms with E-state index in [4.69, 9.17) is 31.5 Å². The van der Waals surface area contributed by atoms with Gasteiger partial charge in [0.15, 0.2) is 16.8 Å². The highest BCUT2D eigenvalue weighted by Crippen LogP contribution is 2.10. The quantitative estimate of drug-likeness (QED) is 0.670. The van der Waals surface area contributed by atoms with Crippen LogP contribution in [0.3, 0.4) is 0 Å². The number of aryl methyl sites for hydroxylation is 1. The SMILES string of the molecule is COCC(COC)OCCCc1nnc(Cl)c(N)n1. The molecule has 108 valence electrons. The van der Waals surface area contributed by atoms with E-state index < -0.39 is 0 Å². The van der Waals surface area contributed by atoms with Crippen LogP contribution in [0.4, 0.5) is 5.82 Å². The Kier molecular flexibility index (Phi) is 7.57. The standard InChI is InChI=1S/C11H19ClN4O3/c1-17-6-8(7-18-2)19-5-3-4-9-14-11(13)10(12)16-15-9/h8H,3-7H2,1-2H3,(H2,13,14,15). The van der Waals surface area contributed by atoms with E-state index in [9.17, 15) is 0 Å². The van der Waals surface area contributed by atoms with Crippen molar-refractivity contribution in [1.29, 1.82) is 0 Å². The van der Waals surface area contributed by atoms with Crippen LogP contribution in [0, 0.1) is 0 Å². The van der Waals surface area contributed by atoms with Crippen molar-refractivity contribution < 1.29 is 14.2 Å². The summed E-state index contributed by atoms with van der Waals surface area (Å²) in [6.45, 7) is 1.56. The molecule has 2 N–H and O–H groups in total. The minimum Gasteiger partial charge on any atom is -0.382 e. The third kappa shape index (κ3) is 6.11. The van der Waals surface area contributed by atoms with E-state index >= 15 is 0 Å². The Balaban J connectivity index is 2.27. The molecule has 0 unspecified atom stereocenters. The molecule has 0 radical (unpaired) electrons. The third-order valence-corrected chi connectivity index (χ3v) is 2.59. The number of nitrogen functional groups attached to an aromatic ring is 1. The molecule has 8 heteroatoms. The first-order valence-corrected chi connectivity index (χ1v) is 6.29. The van der Waals surface area contributed by atoms with Crippen molar-refractivity contribution in [2.75, 3.05) is 39.8 Å². The molecule has 0 saturated carbocycles. The Bertz CT molecular complexity index is 375. The van der Waals surface area contributed by atoms with Crippen LogP contribution in [0.1, 0.15) is 12.2 Å². The minimum absolute atomic E-state index is 0.0654. The number of aromatic nitrogens is 3. The summed E-state index contributed by atoms with van der Waals surface area (Å²) in [5.41, 5.74) is 5.54. The minimum atomic E-state index is -0.0654. The largest absolute Gasteiger partial charge is 0.382 e. The van der Waals surface area contributed by atoms with E-state index in [1.807, 2.05) is 0 Å². The van der Waals surface area contributed by atoms with Gasteiger partial charge < -0.3 is 19.9 Å². The van der Waals surface area contributed by atoms with Crippen molar-refractivity contribution in [2.45, 2.75) is 18.9 Å². The lowest BCUT2D eigenvalue weighted by atomic mass is 10.3. The molecule has 0 aliphatic heterocycles. The number of rotatable bonds is 9. The first-order valence-electron chi connectivity index (χ1n) is 5.91. The van der Waals surface area contributed by atoms with Crippen LogP contribution in [-0.4, -0.2) is 55.3 Å². The molecule has 0 saturated heterocycles. The summed E-state index contributed by atoms with van der Waals surface area (Å²) in [7, 11) is 3.25. The Morgan fingerprint density at radius 2 is 1.89 bits per heavy atom. The zero-order valence-corrected chi connectivity index (χ0v) is 11.9. The fraction of sp³-hybridized carbons (Fsp3) is 0.727. The van der Waals surface area contributed by atoms with Crippen molar-refractivity contribution in [3.05, 3.63) is 11.0 Å². The predicted octanol–water partition coefficient (Wildman–Crippen LogP) is 0.718. The maximum atomic E-state index is 5.64. The first kappa shape index (κ1) is 16.0. The summed E-state index contributed by atoms with van der Waals surface area (Å²) in [6, 6.07) is 0. The van der Waals surface area contributed by atoms with Crippen molar-refractivity contribution in [1.82, 2.24) is 15.2 Å². The van der Waals surface area contributed by atoms with Gasteiger partial charge in [0.25, 0.3) is 0 Å². The predicted molar refractivity (Wildman–Crippen MR) is 71.1 cm³/mol. The van der Waals surface area contributed by atoms with Crippen LogP contribution in [0.2, 0.25) is 5.15 Å². The molecule has 0 amide bonds. The van der Waals surface area contributed by atoms with Crippen LogP contribution in [0.5, 0.6) is 0 Å². The number of nitrogens with two attached hydrogens (primary N) is 1. The van der Waals surface area contributed by atoms with Crippen LogP contribution < -0.4 is 5.73 Å². The molecular weight excluding hydrogens is 272 g/mol. The fourth-order valence-corrected chi connectivity index (χ4v) is 1.54. The highest BCUT2D eigenvalue weighted by Gasteiger charge is 2.09. The number of halogens is 1. The zero-order valence-electron chi connectivity index (χ0n) is 11.1. The summed E-state index contributed by atoms with van der Waals surface area (Å²) in [6.07, 6.45) is 1.32. The normalized spacial score (nSPS) is 11.2. The van der Waals surface area contributed by atoms with E-state index in [0.29, 0.717) is 32.1 Å². The van der Waals surface area contributed by atoms with Crippen LogP contribution in [0.15, 0.2) is 0 Å². The molecule has 0 spiro atoms. The van der Waals surface area contributed by atoms with Gasteiger partial charge >= 0.3 is 0 Å². The molecule has 0 aromatic carbocycles. The Morgan fingerprint density at radius 1 is 1.21 bits per heavy atom. The molecule has 1 rings (SSSR count). The molecule has 0 fully saturated rings. The summed E-state index contributed by atoms with van der Waals surface area (Å²) in [5, 5.41) is 7.67. The molecule has 1 aromatic heterocycles. The van der Waals surface area contributed by atoms with Gasteiger partial charge in [-0.15, -0.1) is 10.2 Å². The summed E-state index contributed by atoms with van der Waals surface area (Å²) < 4.78 is 15.7. The molecule has 0 aliphatic rings. The van der Waals surface area contributed by atoms with Crippen LogP contribution in [-0.2, 0) is 20.6 Å². The monoisotopic (exact) mass is 290 g/mol. The lowest BCUT2D eigenvalue weighted by Crippen LogP contribution is -2.25. The first-order chi connectivity index (χ1) is 9.17. The van der Waals surface area contributed by atoms with Gasteiger partial charge in [-0.2, -0.15) is 0 Å². The number of ether oxygens (including phenoxy) is 3. The summed E-state index contributed by atoms with van der Waals surface area (Å²) >= 11 is 5.64. The van der Waals surface area contributed by atoms with Gasteiger partial charge in [-0.3, -0.25) is 0 Å². The topological polar surface area (TPSA) is 92.4 Å². The second kappa shape index (κ2) is 8.98. The van der Waals surface area contributed by atoms with E-state index in [2.05, 4.69) is 15.2 Å². The highest BCUT2D eigenvalue weighted by molar-refractivity contribution is 6.31. The molecular formula is C11H19ClN4O3. The maximum absolute atomic E-state index is 5.64. The van der Waals surface area contributed by atoms with Crippen molar-refractivity contribution >= 4 is 17.4 Å². The van der Waals surface area contributed by atoms with Crippen LogP contribution in [0.25, 0.3) is 0 Å². The van der Waals surface area contributed by atoms with Gasteiger partial charge in [-0.1, -0.05) is 11.6 Å². The van der Waals surface area contributed by atoms with Gasteiger partial charge in [0, 0.05) is 27.2 Å². The maximum Gasteiger partial charge on any atom is 0.193 e. The number of nitrogens with zero attached hydrogens (tertiary/aromatic N) is 3. The molecule has 0 aliphatic carbocycles. The highest BCUT2D eigenvalue weighted by atomic mass is 35.5. The average Bonchev–Trinajstić information content (AvgIpc) is 2.39. The van der Waals surface area contributed by atoms with Gasteiger partial charge in [-0.25, -0.2) is 4.98 Å². The Hall–Kier alpha value is -1.02. The number of hydrogen-bond donors (Lipinski definition) is 1. The smallest absolute Gasteiger partial charge is 0.193 e. The lowest BCUT2D eigenvalue weighted by Gasteiger charge is -2.15. The lowest BCUT2D eigenvalue weighted by molar-refractivity contribution is -0.0417. The van der Waals surface area contributed by atoms with Gasteiger partial charge in [0.2, 0.25) is 0 Å². The summed E-state index contributed by atoms with van der Waals surface area (Å²) in [5.74, 6) is 0.754. The van der Waals surface area contributed by atoms with Gasteiger partial charge in [0.1, 0.15) is 6.10 Å². The van der Waals surface area contributed by atoms with E-state index in [1.54, 1.807) is 14.2 Å². The molecule has 7 nitrogen and oxygen atoms in total. The van der Waals surface area contributed by atoms with Crippen molar-refractivity contribution in [2.24, 2.45) is 0 Å². The third-order valence-electron chi connectivity index (χ3n) is 2.32. The zero-order chi connectivity index (χ0) is 14.1. The second-order valence-electron chi connectivity index (χ2n) is 3.91. The van der Waals surface area contributed by atoms with Crippen LogP contribution >= 0.6 is 11.6 Å². The molecule has 1 aromatic rings. The second-order valence-corrected chi connectivity index (χ2v) is 4.27. The number of methoxy groups -OCH3 is 2. The van der Waals surface area contributed by atoms with E-state index in [1.165, 1.54) is 0 Å². The van der Waals surface area contributed by atoms with Crippen molar-refractivity contribution in [3.8, 4) is 0 Å². The van der Waals surface area contributed by atoms with Gasteiger partial charge in [-0.05, 0) is 6.42 Å². The molecule has 0 bridgehead atoms. The summed E-state index contributed by atoms with van der Waals surface area (Å²) in [4.78, 5) is 4.03. The van der Waals surface area contributed by atoms with Crippen molar-refractivity contribution in [3.63, 3.8) is 0 Å². The van der Waals surface area contributed by atoms with E-state index in [0.717, 1.165) is 6.42 Å². The van der Waals surface area contributed by atoms with Gasteiger partial charge in [0.05, 0.1) is 13.2 Å². The fourth-order valence-electron chi connectivity index (χ4n) is 1.46. The Labute approximate surface area is 117 Å². The number of hydrogen-bond acceptors (Lipinski definition) is 7.